The molecule has 1 aliphatic carbocycles. The molecule has 0 aromatic carbocycles. The summed E-state index contributed by atoms with van der Waals surface area (Å²) in [6.45, 7) is 6.74. The third-order valence-electron chi connectivity index (χ3n) is 4.57. The van der Waals surface area contributed by atoms with Gasteiger partial charge in [0.2, 0.25) is 0 Å². The van der Waals surface area contributed by atoms with Gasteiger partial charge >= 0.3 is 0 Å². The largest absolute Gasteiger partial charge is 0.375 e. The van der Waals surface area contributed by atoms with Crippen molar-refractivity contribution in [1.29, 1.82) is 0 Å². The number of ether oxygens (including phenoxy) is 1. The second kappa shape index (κ2) is 6.55. The number of nitrogens with zero attached hydrogens (tertiary/aromatic N) is 1. The molecule has 1 N–H and O–H groups in total. The van der Waals surface area contributed by atoms with Crippen LogP contribution in [-0.4, -0.2) is 49.8 Å². The van der Waals surface area contributed by atoms with Crippen LogP contribution >= 0.6 is 0 Å². The molecule has 1 saturated carbocycles. The summed E-state index contributed by atoms with van der Waals surface area (Å²) >= 11 is 0. The zero-order valence-corrected chi connectivity index (χ0v) is 13.2. The Labute approximate surface area is 119 Å². The fraction of sp³-hybridized carbons (Fsp3) is 1.00. The predicted octanol–water partition coefficient (Wildman–Crippen LogP) is 2.65. The Kier molecular flexibility index (Phi) is 5.27. The number of hydrogen-bond donors (Lipinski definition) is 1. The number of nitrogens with one attached hydrogen (secondary N) is 1. The third-order valence-corrected chi connectivity index (χ3v) is 4.57. The molecule has 0 radical (unpaired) electrons. The molecule has 3 heteroatoms. The van der Waals surface area contributed by atoms with Gasteiger partial charge in [0, 0.05) is 25.2 Å². The summed E-state index contributed by atoms with van der Waals surface area (Å²) in [5.74, 6) is 0.759. The Bertz CT molecular complexity index is 264. The average Bonchev–Trinajstić information content (AvgIpc) is 2.25. The van der Waals surface area contributed by atoms with E-state index in [0.29, 0.717) is 12.1 Å². The molecule has 0 aromatic rings. The van der Waals surface area contributed by atoms with E-state index in [-0.39, 0.29) is 5.60 Å². The molecule has 2 fully saturated rings. The molecule has 2 aliphatic rings. The molecule has 0 aromatic heterocycles. The van der Waals surface area contributed by atoms with Gasteiger partial charge in [0.25, 0.3) is 0 Å². The third kappa shape index (κ3) is 4.44. The van der Waals surface area contributed by atoms with Crippen molar-refractivity contribution in [3.63, 3.8) is 0 Å². The topological polar surface area (TPSA) is 24.5 Å². The molecular formula is C16H32N2O. The van der Waals surface area contributed by atoms with E-state index >= 15 is 0 Å². The molecule has 2 rings (SSSR count). The van der Waals surface area contributed by atoms with Gasteiger partial charge in [-0.15, -0.1) is 0 Å². The Balaban J connectivity index is 1.84. The van der Waals surface area contributed by atoms with Crippen LogP contribution in [0.2, 0.25) is 0 Å². The maximum absolute atomic E-state index is 6.02. The van der Waals surface area contributed by atoms with Crippen LogP contribution in [0.3, 0.4) is 0 Å². The van der Waals surface area contributed by atoms with E-state index in [0.717, 1.165) is 19.1 Å². The van der Waals surface area contributed by atoms with Crippen LogP contribution < -0.4 is 5.32 Å². The standard InChI is InChI=1S/C16H32N2O/c1-13(2)10-15(12-18(3)4)17-14-6-9-19-16(11-14)7-5-8-16/h13-15,17H,5-12H2,1-4H3. The smallest absolute Gasteiger partial charge is 0.0697 e. The minimum Gasteiger partial charge on any atom is -0.375 e. The predicted molar refractivity (Wildman–Crippen MR) is 80.5 cm³/mol. The molecule has 1 heterocycles. The molecule has 1 aliphatic heterocycles. The summed E-state index contributed by atoms with van der Waals surface area (Å²) < 4.78 is 6.02. The van der Waals surface area contributed by atoms with Crippen molar-refractivity contribution in [2.75, 3.05) is 27.2 Å². The van der Waals surface area contributed by atoms with Crippen LogP contribution in [0, 0.1) is 5.92 Å². The minimum atomic E-state index is 0.260. The fourth-order valence-corrected chi connectivity index (χ4v) is 3.63. The summed E-state index contributed by atoms with van der Waals surface area (Å²) in [6, 6.07) is 1.29. The highest BCUT2D eigenvalue weighted by molar-refractivity contribution is 4.96. The number of likely N-dealkylation sites (N-methyl/N-ethyl adjacent to an activating group) is 1. The molecule has 19 heavy (non-hydrogen) atoms. The monoisotopic (exact) mass is 268 g/mol. The van der Waals surface area contributed by atoms with E-state index in [1.165, 1.54) is 38.5 Å². The first-order valence-electron chi connectivity index (χ1n) is 8.04. The molecule has 2 atom stereocenters. The van der Waals surface area contributed by atoms with Gasteiger partial charge in [0.05, 0.1) is 5.60 Å². The number of rotatable bonds is 6. The van der Waals surface area contributed by atoms with Crippen molar-refractivity contribution >= 4 is 0 Å². The van der Waals surface area contributed by atoms with Crippen LogP contribution in [0.25, 0.3) is 0 Å². The van der Waals surface area contributed by atoms with Gasteiger partial charge in [-0.2, -0.15) is 0 Å². The molecule has 112 valence electrons. The van der Waals surface area contributed by atoms with E-state index in [1.807, 2.05) is 0 Å². The van der Waals surface area contributed by atoms with E-state index in [1.54, 1.807) is 0 Å². The normalized spacial score (nSPS) is 27.8. The van der Waals surface area contributed by atoms with Gasteiger partial charge in [-0.1, -0.05) is 13.8 Å². The van der Waals surface area contributed by atoms with Gasteiger partial charge in [-0.3, -0.25) is 0 Å². The van der Waals surface area contributed by atoms with Crippen LogP contribution in [-0.2, 0) is 4.74 Å². The van der Waals surface area contributed by atoms with Crippen molar-refractivity contribution in [2.24, 2.45) is 5.92 Å². The lowest BCUT2D eigenvalue weighted by atomic mass is 9.74. The SMILES string of the molecule is CC(C)CC(CN(C)C)NC1CCOC2(CCC2)C1. The Morgan fingerprint density at radius 2 is 2.05 bits per heavy atom. The Morgan fingerprint density at radius 1 is 1.32 bits per heavy atom. The van der Waals surface area contributed by atoms with Gasteiger partial charge in [0.1, 0.15) is 0 Å². The van der Waals surface area contributed by atoms with Gasteiger partial charge in [-0.25, -0.2) is 0 Å². The first-order chi connectivity index (χ1) is 8.99. The van der Waals surface area contributed by atoms with Crippen molar-refractivity contribution in [3.05, 3.63) is 0 Å². The molecule has 2 unspecified atom stereocenters. The van der Waals surface area contributed by atoms with Gasteiger partial charge in [-0.05, 0) is 58.5 Å². The summed E-state index contributed by atoms with van der Waals surface area (Å²) in [6.07, 6.45) is 7.61. The zero-order valence-electron chi connectivity index (χ0n) is 13.2. The highest BCUT2D eigenvalue weighted by Crippen LogP contribution is 2.42. The lowest BCUT2D eigenvalue weighted by Gasteiger charge is -2.48. The summed E-state index contributed by atoms with van der Waals surface area (Å²) in [7, 11) is 4.35. The molecule has 0 amide bonds. The molecular weight excluding hydrogens is 236 g/mol. The lowest BCUT2D eigenvalue weighted by Crippen LogP contribution is -2.54. The average molecular weight is 268 g/mol. The second-order valence-electron chi connectivity index (χ2n) is 7.33. The van der Waals surface area contributed by atoms with E-state index < -0.39 is 0 Å². The van der Waals surface area contributed by atoms with Gasteiger partial charge in [0.15, 0.2) is 0 Å². The second-order valence-corrected chi connectivity index (χ2v) is 7.33. The summed E-state index contributed by atoms with van der Waals surface area (Å²) in [5.41, 5.74) is 0.260. The van der Waals surface area contributed by atoms with E-state index in [9.17, 15) is 0 Å². The van der Waals surface area contributed by atoms with Crippen LogP contribution in [0.1, 0.15) is 52.4 Å². The lowest BCUT2D eigenvalue weighted by molar-refractivity contribution is -0.136. The molecule has 3 nitrogen and oxygen atoms in total. The van der Waals surface area contributed by atoms with Crippen LogP contribution in [0.5, 0.6) is 0 Å². The first-order valence-corrected chi connectivity index (χ1v) is 8.04. The maximum Gasteiger partial charge on any atom is 0.0697 e. The summed E-state index contributed by atoms with van der Waals surface area (Å²) in [5, 5.41) is 3.92. The highest BCUT2D eigenvalue weighted by atomic mass is 16.5. The molecule has 1 spiro atoms. The summed E-state index contributed by atoms with van der Waals surface area (Å²) in [4.78, 5) is 2.30. The number of hydrogen-bond acceptors (Lipinski definition) is 3. The van der Waals surface area contributed by atoms with Crippen LogP contribution in [0.15, 0.2) is 0 Å². The maximum atomic E-state index is 6.02. The highest BCUT2D eigenvalue weighted by Gasteiger charge is 2.42. The van der Waals surface area contributed by atoms with Crippen molar-refractivity contribution < 1.29 is 4.74 Å². The van der Waals surface area contributed by atoms with E-state index in [4.69, 9.17) is 4.74 Å². The van der Waals surface area contributed by atoms with Crippen molar-refractivity contribution in [3.8, 4) is 0 Å². The van der Waals surface area contributed by atoms with Crippen molar-refractivity contribution in [1.82, 2.24) is 10.2 Å². The Hall–Kier alpha value is -0.120. The van der Waals surface area contributed by atoms with Gasteiger partial charge < -0.3 is 15.0 Å². The first kappa shape index (κ1) is 15.3. The molecule has 0 bridgehead atoms. The van der Waals surface area contributed by atoms with E-state index in [2.05, 4.69) is 38.2 Å². The fourth-order valence-electron chi connectivity index (χ4n) is 3.63. The Morgan fingerprint density at radius 3 is 2.58 bits per heavy atom. The molecule has 1 saturated heterocycles. The van der Waals surface area contributed by atoms with Crippen LogP contribution in [0.4, 0.5) is 0 Å². The quantitative estimate of drug-likeness (QED) is 0.801. The zero-order chi connectivity index (χ0) is 13.9. The minimum absolute atomic E-state index is 0.260. The van der Waals surface area contributed by atoms with Crippen molar-refractivity contribution in [2.45, 2.75) is 70.1 Å².